The highest BCUT2D eigenvalue weighted by molar-refractivity contribution is 5.28. The third kappa shape index (κ3) is 4.08. The fraction of sp³-hybridized carbons (Fsp3) is 0.294. The van der Waals surface area contributed by atoms with Crippen molar-refractivity contribution in [1.29, 1.82) is 0 Å². The molecule has 3 nitrogen and oxygen atoms in total. The minimum Gasteiger partial charge on any atom is -0.497 e. The summed E-state index contributed by atoms with van der Waals surface area (Å²) in [5.74, 6) is 0.850. The SMILES string of the molecule is COc1cccc(CNCC(O)c2cccc(C)c2)c1. The second kappa shape index (κ2) is 7.08. The topological polar surface area (TPSA) is 41.5 Å². The van der Waals surface area contributed by atoms with Gasteiger partial charge in [-0.3, -0.25) is 0 Å². The predicted octanol–water partition coefficient (Wildman–Crippen LogP) is 2.83. The first-order chi connectivity index (χ1) is 9.69. The summed E-state index contributed by atoms with van der Waals surface area (Å²) in [5.41, 5.74) is 3.25. The van der Waals surface area contributed by atoms with Gasteiger partial charge in [0.05, 0.1) is 13.2 Å². The van der Waals surface area contributed by atoms with Crippen molar-refractivity contribution in [3.8, 4) is 5.75 Å². The zero-order valence-corrected chi connectivity index (χ0v) is 12.0. The van der Waals surface area contributed by atoms with Gasteiger partial charge < -0.3 is 15.2 Å². The molecule has 0 fully saturated rings. The van der Waals surface area contributed by atoms with E-state index < -0.39 is 6.10 Å². The van der Waals surface area contributed by atoms with Crippen LogP contribution in [0.5, 0.6) is 5.75 Å². The number of hydrogen-bond donors (Lipinski definition) is 2. The van der Waals surface area contributed by atoms with Crippen molar-refractivity contribution in [2.75, 3.05) is 13.7 Å². The maximum Gasteiger partial charge on any atom is 0.119 e. The lowest BCUT2D eigenvalue weighted by Gasteiger charge is -2.13. The van der Waals surface area contributed by atoms with Gasteiger partial charge in [0.25, 0.3) is 0 Å². The summed E-state index contributed by atoms with van der Waals surface area (Å²) >= 11 is 0. The summed E-state index contributed by atoms with van der Waals surface area (Å²) in [4.78, 5) is 0. The molecular weight excluding hydrogens is 250 g/mol. The van der Waals surface area contributed by atoms with E-state index >= 15 is 0 Å². The van der Waals surface area contributed by atoms with Gasteiger partial charge in [-0.1, -0.05) is 42.0 Å². The normalized spacial score (nSPS) is 12.2. The van der Waals surface area contributed by atoms with Gasteiger partial charge in [0.1, 0.15) is 5.75 Å². The van der Waals surface area contributed by atoms with E-state index in [0.717, 1.165) is 22.4 Å². The average Bonchev–Trinajstić information content (AvgIpc) is 2.47. The number of hydrogen-bond acceptors (Lipinski definition) is 3. The first-order valence-electron chi connectivity index (χ1n) is 6.77. The predicted molar refractivity (Wildman–Crippen MR) is 80.8 cm³/mol. The quantitative estimate of drug-likeness (QED) is 0.849. The van der Waals surface area contributed by atoms with Gasteiger partial charge >= 0.3 is 0 Å². The molecular formula is C17H21NO2. The number of aryl methyl sites for hydroxylation is 1. The van der Waals surface area contributed by atoms with E-state index in [-0.39, 0.29) is 0 Å². The smallest absolute Gasteiger partial charge is 0.119 e. The Bertz CT molecular complexity index is 554. The zero-order chi connectivity index (χ0) is 14.4. The molecule has 0 aliphatic rings. The molecule has 0 heterocycles. The first kappa shape index (κ1) is 14.6. The van der Waals surface area contributed by atoms with Crippen LogP contribution in [-0.2, 0) is 6.54 Å². The van der Waals surface area contributed by atoms with Crippen LogP contribution in [0.2, 0.25) is 0 Å². The molecule has 0 aliphatic heterocycles. The molecule has 106 valence electrons. The second-order valence-electron chi connectivity index (χ2n) is 4.91. The Hall–Kier alpha value is -1.84. The van der Waals surface area contributed by atoms with Crippen LogP contribution >= 0.6 is 0 Å². The third-order valence-electron chi connectivity index (χ3n) is 3.23. The molecule has 0 radical (unpaired) electrons. The molecule has 2 N–H and O–H groups in total. The number of methoxy groups -OCH3 is 1. The molecule has 0 aliphatic carbocycles. The average molecular weight is 271 g/mol. The zero-order valence-electron chi connectivity index (χ0n) is 12.0. The number of benzene rings is 2. The van der Waals surface area contributed by atoms with E-state index in [9.17, 15) is 5.11 Å². The molecule has 3 heteroatoms. The summed E-state index contributed by atoms with van der Waals surface area (Å²) in [6.45, 7) is 3.26. The molecule has 2 rings (SSSR count). The van der Waals surface area contributed by atoms with E-state index in [0.29, 0.717) is 13.1 Å². The maximum atomic E-state index is 10.1. The van der Waals surface area contributed by atoms with Gasteiger partial charge in [-0.05, 0) is 30.2 Å². The summed E-state index contributed by atoms with van der Waals surface area (Å²) in [6, 6.07) is 15.9. The molecule has 1 unspecified atom stereocenters. The number of aliphatic hydroxyl groups is 1. The molecule has 0 aromatic heterocycles. The maximum absolute atomic E-state index is 10.1. The lowest BCUT2D eigenvalue weighted by molar-refractivity contribution is 0.174. The van der Waals surface area contributed by atoms with Crippen molar-refractivity contribution in [1.82, 2.24) is 5.32 Å². The fourth-order valence-electron chi connectivity index (χ4n) is 2.13. The Morgan fingerprint density at radius 3 is 2.70 bits per heavy atom. The van der Waals surface area contributed by atoms with Crippen molar-refractivity contribution in [2.45, 2.75) is 19.6 Å². The summed E-state index contributed by atoms with van der Waals surface area (Å²) in [5, 5.41) is 13.4. The number of nitrogens with one attached hydrogen (secondary N) is 1. The van der Waals surface area contributed by atoms with Crippen molar-refractivity contribution in [3.63, 3.8) is 0 Å². The molecule has 2 aromatic rings. The minimum absolute atomic E-state index is 0.486. The highest BCUT2D eigenvalue weighted by Gasteiger charge is 2.06. The molecule has 0 bridgehead atoms. The third-order valence-corrected chi connectivity index (χ3v) is 3.23. The van der Waals surface area contributed by atoms with E-state index in [4.69, 9.17) is 4.74 Å². The lowest BCUT2D eigenvalue weighted by Crippen LogP contribution is -2.21. The lowest BCUT2D eigenvalue weighted by atomic mass is 10.1. The van der Waals surface area contributed by atoms with Gasteiger partial charge in [0.2, 0.25) is 0 Å². The van der Waals surface area contributed by atoms with Crippen molar-refractivity contribution in [3.05, 3.63) is 65.2 Å². The van der Waals surface area contributed by atoms with Crippen LogP contribution in [0.25, 0.3) is 0 Å². The monoisotopic (exact) mass is 271 g/mol. The molecule has 0 saturated heterocycles. The Balaban J connectivity index is 1.86. The standard InChI is InChI=1S/C17H21NO2/c1-13-5-3-7-15(9-13)17(19)12-18-11-14-6-4-8-16(10-14)20-2/h3-10,17-19H,11-12H2,1-2H3. The van der Waals surface area contributed by atoms with Crippen LogP contribution in [0.4, 0.5) is 0 Å². The Morgan fingerprint density at radius 1 is 1.15 bits per heavy atom. The van der Waals surface area contributed by atoms with Crippen LogP contribution in [0.3, 0.4) is 0 Å². The summed E-state index contributed by atoms with van der Waals surface area (Å²) < 4.78 is 5.19. The van der Waals surface area contributed by atoms with Crippen LogP contribution in [0.1, 0.15) is 22.8 Å². The molecule has 0 amide bonds. The van der Waals surface area contributed by atoms with E-state index in [1.807, 2.05) is 55.5 Å². The highest BCUT2D eigenvalue weighted by Crippen LogP contribution is 2.15. The van der Waals surface area contributed by atoms with Gasteiger partial charge in [0.15, 0.2) is 0 Å². The molecule has 20 heavy (non-hydrogen) atoms. The molecule has 1 atom stereocenters. The fourth-order valence-corrected chi connectivity index (χ4v) is 2.13. The van der Waals surface area contributed by atoms with Crippen LogP contribution < -0.4 is 10.1 Å². The minimum atomic E-state index is -0.486. The largest absolute Gasteiger partial charge is 0.497 e. The van der Waals surface area contributed by atoms with E-state index in [1.54, 1.807) is 7.11 Å². The Morgan fingerprint density at radius 2 is 1.95 bits per heavy atom. The Labute approximate surface area is 120 Å². The van der Waals surface area contributed by atoms with Crippen LogP contribution in [0, 0.1) is 6.92 Å². The Kier molecular flexibility index (Phi) is 5.16. The van der Waals surface area contributed by atoms with Crippen molar-refractivity contribution >= 4 is 0 Å². The van der Waals surface area contributed by atoms with E-state index in [2.05, 4.69) is 5.32 Å². The van der Waals surface area contributed by atoms with Crippen molar-refractivity contribution in [2.24, 2.45) is 0 Å². The molecule has 2 aromatic carbocycles. The van der Waals surface area contributed by atoms with Crippen LogP contribution in [-0.4, -0.2) is 18.8 Å². The number of ether oxygens (including phenoxy) is 1. The van der Waals surface area contributed by atoms with E-state index in [1.165, 1.54) is 0 Å². The highest BCUT2D eigenvalue weighted by atomic mass is 16.5. The summed E-state index contributed by atoms with van der Waals surface area (Å²) in [6.07, 6.45) is -0.486. The van der Waals surface area contributed by atoms with Gasteiger partial charge in [-0.2, -0.15) is 0 Å². The molecule has 0 spiro atoms. The van der Waals surface area contributed by atoms with Crippen molar-refractivity contribution < 1.29 is 9.84 Å². The summed E-state index contributed by atoms with van der Waals surface area (Å²) in [7, 11) is 1.66. The molecule has 0 saturated carbocycles. The van der Waals surface area contributed by atoms with Gasteiger partial charge in [-0.25, -0.2) is 0 Å². The van der Waals surface area contributed by atoms with Crippen LogP contribution in [0.15, 0.2) is 48.5 Å². The second-order valence-corrected chi connectivity index (χ2v) is 4.91. The number of rotatable bonds is 6. The van der Waals surface area contributed by atoms with Gasteiger partial charge in [0, 0.05) is 13.1 Å². The first-order valence-corrected chi connectivity index (χ1v) is 6.77. The van der Waals surface area contributed by atoms with Gasteiger partial charge in [-0.15, -0.1) is 0 Å². The number of aliphatic hydroxyl groups excluding tert-OH is 1.